The molecule has 0 fully saturated rings. The summed E-state index contributed by atoms with van der Waals surface area (Å²) in [6, 6.07) is 5.75. The van der Waals surface area contributed by atoms with Crippen molar-refractivity contribution in [1.29, 1.82) is 0 Å². The first-order valence-electron chi connectivity index (χ1n) is 5.96. The molecule has 1 unspecified atom stereocenters. The number of aryl methyl sites for hydroxylation is 1. The first-order valence-corrected chi connectivity index (χ1v) is 5.96. The Kier molecular flexibility index (Phi) is 4.09. The van der Waals surface area contributed by atoms with Crippen molar-refractivity contribution in [1.82, 2.24) is 0 Å². The normalized spacial score (nSPS) is 12.5. The van der Waals surface area contributed by atoms with Crippen molar-refractivity contribution in [2.24, 2.45) is 0 Å². The molecule has 0 aliphatic heterocycles. The molecule has 0 bridgehead atoms. The third kappa shape index (κ3) is 2.82. The maximum absolute atomic E-state index is 13.7. The van der Waals surface area contributed by atoms with Crippen LogP contribution in [0.25, 0.3) is 0 Å². The molecule has 1 nitrogen and oxygen atoms in total. The Morgan fingerprint density at radius 3 is 2.30 bits per heavy atom. The van der Waals surface area contributed by atoms with Gasteiger partial charge in [-0.25, -0.2) is 17.6 Å². The number of benzene rings is 2. The molecule has 0 aromatic heterocycles. The molecule has 1 atom stereocenters. The van der Waals surface area contributed by atoms with Gasteiger partial charge in [-0.05, 0) is 30.2 Å². The molecule has 2 aromatic carbocycles. The van der Waals surface area contributed by atoms with Crippen LogP contribution in [-0.4, -0.2) is 5.11 Å². The topological polar surface area (TPSA) is 20.2 Å². The van der Waals surface area contributed by atoms with Crippen LogP contribution in [0.2, 0.25) is 0 Å². The summed E-state index contributed by atoms with van der Waals surface area (Å²) in [5, 5.41) is 9.91. The summed E-state index contributed by atoms with van der Waals surface area (Å²) in [6.07, 6.45) is -1.48. The third-order valence-electron chi connectivity index (χ3n) is 3.08. The van der Waals surface area contributed by atoms with E-state index in [2.05, 4.69) is 0 Å². The number of hydrogen-bond acceptors (Lipinski definition) is 1. The summed E-state index contributed by atoms with van der Waals surface area (Å²) in [5.41, 5.74) is 0.209. The Bertz CT molecular complexity index is 640. The van der Waals surface area contributed by atoms with Crippen molar-refractivity contribution in [2.75, 3.05) is 0 Å². The maximum atomic E-state index is 13.7. The van der Waals surface area contributed by atoms with Crippen LogP contribution >= 0.6 is 0 Å². The van der Waals surface area contributed by atoms with Crippen molar-refractivity contribution >= 4 is 0 Å². The van der Waals surface area contributed by atoms with Crippen molar-refractivity contribution in [3.05, 3.63) is 70.3 Å². The molecule has 1 N–H and O–H groups in total. The average Bonchev–Trinajstić information content (AvgIpc) is 2.40. The Hall–Kier alpha value is -1.88. The third-order valence-corrected chi connectivity index (χ3v) is 3.08. The van der Waals surface area contributed by atoms with E-state index < -0.39 is 29.4 Å². The van der Waals surface area contributed by atoms with E-state index in [0.29, 0.717) is 0 Å². The summed E-state index contributed by atoms with van der Waals surface area (Å²) >= 11 is 0. The zero-order valence-electron chi connectivity index (χ0n) is 10.6. The molecular formula is C15H12F4O. The quantitative estimate of drug-likeness (QED) is 0.849. The fourth-order valence-electron chi connectivity index (χ4n) is 1.92. The minimum Gasteiger partial charge on any atom is -0.388 e. The van der Waals surface area contributed by atoms with Gasteiger partial charge in [-0.15, -0.1) is 0 Å². The summed E-state index contributed by atoms with van der Waals surface area (Å²) < 4.78 is 52.9. The molecule has 0 amide bonds. The van der Waals surface area contributed by atoms with E-state index in [-0.39, 0.29) is 23.1 Å². The summed E-state index contributed by atoms with van der Waals surface area (Å²) in [4.78, 5) is 0. The lowest BCUT2D eigenvalue weighted by atomic mass is 9.99. The number of hydrogen-bond donors (Lipinski definition) is 1. The van der Waals surface area contributed by atoms with Crippen molar-refractivity contribution in [3.8, 4) is 0 Å². The second-order valence-corrected chi connectivity index (χ2v) is 4.57. The van der Waals surface area contributed by atoms with E-state index in [4.69, 9.17) is 0 Å². The molecule has 0 aliphatic carbocycles. The van der Waals surface area contributed by atoms with Crippen LogP contribution in [0.4, 0.5) is 17.6 Å². The van der Waals surface area contributed by atoms with Crippen LogP contribution < -0.4 is 0 Å². The number of halogens is 4. The predicted molar refractivity (Wildman–Crippen MR) is 66.1 cm³/mol. The van der Waals surface area contributed by atoms with Gasteiger partial charge in [-0.3, -0.25) is 0 Å². The molecule has 0 aliphatic rings. The van der Waals surface area contributed by atoms with Crippen LogP contribution in [0.15, 0.2) is 30.3 Å². The maximum Gasteiger partial charge on any atom is 0.164 e. The van der Waals surface area contributed by atoms with E-state index in [9.17, 15) is 22.7 Å². The lowest BCUT2D eigenvalue weighted by Crippen LogP contribution is -2.07. The summed E-state index contributed by atoms with van der Waals surface area (Å²) in [5.74, 6) is -4.20. The molecule has 2 rings (SSSR count). The SMILES string of the molecule is Cc1ccc(C(O)Cc2ccc(F)c(F)c2)c(F)c1F. The summed E-state index contributed by atoms with van der Waals surface area (Å²) in [6.45, 7) is 1.41. The Morgan fingerprint density at radius 2 is 1.65 bits per heavy atom. The second-order valence-electron chi connectivity index (χ2n) is 4.57. The molecule has 106 valence electrons. The van der Waals surface area contributed by atoms with Gasteiger partial charge < -0.3 is 5.11 Å². The van der Waals surface area contributed by atoms with Gasteiger partial charge in [0, 0.05) is 12.0 Å². The van der Waals surface area contributed by atoms with Gasteiger partial charge in [0.2, 0.25) is 0 Å². The van der Waals surface area contributed by atoms with Gasteiger partial charge >= 0.3 is 0 Å². The second kappa shape index (κ2) is 5.63. The highest BCUT2D eigenvalue weighted by molar-refractivity contribution is 5.29. The van der Waals surface area contributed by atoms with E-state index in [0.717, 1.165) is 12.1 Å². The molecule has 5 heteroatoms. The highest BCUT2D eigenvalue weighted by atomic mass is 19.2. The van der Waals surface area contributed by atoms with E-state index >= 15 is 0 Å². The monoisotopic (exact) mass is 284 g/mol. The fraction of sp³-hybridized carbons (Fsp3) is 0.200. The number of rotatable bonds is 3. The first-order chi connectivity index (χ1) is 9.40. The number of aliphatic hydroxyl groups is 1. The van der Waals surface area contributed by atoms with E-state index in [1.165, 1.54) is 25.1 Å². The zero-order valence-corrected chi connectivity index (χ0v) is 10.6. The Labute approximate surface area is 113 Å². The van der Waals surface area contributed by atoms with Gasteiger partial charge in [0.15, 0.2) is 23.3 Å². The zero-order chi connectivity index (χ0) is 14.9. The van der Waals surface area contributed by atoms with Crippen LogP contribution in [0.5, 0.6) is 0 Å². The van der Waals surface area contributed by atoms with Gasteiger partial charge in [0.05, 0.1) is 6.10 Å². The van der Waals surface area contributed by atoms with Crippen molar-refractivity contribution in [3.63, 3.8) is 0 Å². The van der Waals surface area contributed by atoms with Crippen LogP contribution in [-0.2, 0) is 6.42 Å². The first kappa shape index (κ1) is 14.5. The highest BCUT2D eigenvalue weighted by Gasteiger charge is 2.18. The molecule has 0 radical (unpaired) electrons. The molecule has 0 saturated heterocycles. The molecule has 0 spiro atoms. The van der Waals surface area contributed by atoms with Crippen molar-refractivity contribution in [2.45, 2.75) is 19.4 Å². The average molecular weight is 284 g/mol. The van der Waals surface area contributed by atoms with Crippen LogP contribution in [0.1, 0.15) is 22.8 Å². The molecule has 20 heavy (non-hydrogen) atoms. The van der Waals surface area contributed by atoms with Gasteiger partial charge in [-0.1, -0.05) is 18.2 Å². The van der Waals surface area contributed by atoms with E-state index in [1.54, 1.807) is 0 Å². The summed E-state index contributed by atoms with van der Waals surface area (Å²) in [7, 11) is 0. The van der Waals surface area contributed by atoms with Gasteiger partial charge in [0.25, 0.3) is 0 Å². The van der Waals surface area contributed by atoms with Gasteiger partial charge in [0.1, 0.15) is 0 Å². The Balaban J connectivity index is 2.26. The molecule has 0 saturated carbocycles. The van der Waals surface area contributed by atoms with E-state index in [1.807, 2.05) is 0 Å². The lowest BCUT2D eigenvalue weighted by molar-refractivity contribution is 0.172. The lowest BCUT2D eigenvalue weighted by Gasteiger charge is -2.13. The minimum atomic E-state index is -1.34. The number of aliphatic hydroxyl groups excluding tert-OH is 1. The minimum absolute atomic E-state index is 0.131. The standard InChI is InChI=1S/C15H12F4O/c1-8-2-4-10(15(19)14(8)18)13(20)7-9-3-5-11(16)12(17)6-9/h2-6,13,20H,7H2,1H3. The highest BCUT2D eigenvalue weighted by Crippen LogP contribution is 2.25. The van der Waals surface area contributed by atoms with Crippen LogP contribution in [0.3, 0.4) is 0 Å². The molecule has 2 aromatic rings. The largest absolute Gasteiger partial charge is 0.388 e. The van der Waals surface area contributed by atoms with Crippen molar-refractivity contribution < 1.29 is 22.7 Å². The molecule has 0 heterocycles. The molecular weight excluding hydrogens is 272 g/mol. The van der Waals surface area contributed by atoms with Gasteiger partial charge in [-0.2, -0.15) is 0 Å². The van der Waals surface area contributed by atoms with Crippen LogP contribution in [0, 0.1) is 30.2 Å². The smallest absolute Gasteiger partial charge is 0.164 e. The Morgan fingerprint density at radius 1 is 0.950 bits per heavy atom. The predicted octanol–water partition coefficient (Wildman–Crippen LogP) is 3.83. The fourth-order valence-corrected chi connectivity index (χ4v) is 1.92.